The quantitative estimate of drug-likeness (QED) is 0.780. The zero-order chi connectivity index (χ0) is 20.1. The van der Waals surface area contributed by atoms with Crippen molar-refractivity contribution in [1.29, 1.82) is 0 Å². The second-order valence-electron chi connectivity index (χ2n) is 7.78. The molecule has 2 aromatic rings. The van der Waals surface area contributed by atoms with E-state index in [-0.39, 0.29) is 37.1 Å². The Labute approximate surface area is 160 Å². The van der Waals surface area contributed by atoms with Gasteiger partial charge in [-0.25, -0.2) is 4.39 Å². The molecule has 0 bridgehead atoms. The number of halogens is 4. The summed E-state index contributed by atoms with van der Waals surface area (Å²) in [5.41, 5.74) is -0.460. The molecule has 0 unspecified atom stereocenters. The molecule has 4 rings (SSSR count). The lowest BCUT2D eigenvalue weighted by molar-refractivity contribution is -0.137. The van der Waals surface area contributed by atoms with Crippen LogP contribution >= 0.6 is 0 Å². The van der Waals surface area contributed by atoms with Crippen LogP contribution in [0.3, 0.4) is 0 Å². The molecule has 1 saturated carbocycles. The molecule has 0 amide bonds. The normalized spacial score (nSPS) is 30.1. The fraction of sp³-hybridized carbons (Fsp3) is 0.429. The summed E-state index contributed by atoms with van der Waals surface area (Å²) < 4.78 is 52.9. The number of benzene rings is 2. The highest BCUT2D eigenvalue weighted by molar-refractivity contribution is 5.37. The maximum atomic E-state index is 14.1. The maximum absolute atomic E-state index is 14.1. The van der Waals surface area contributed by atoms with Crippen LogP contribution in [-0.2, 0) is 12.7 Å². The maximum Gasteiger partial charge on any atom is 0.416 e. The van der Waals surface area contributed by atoms with E-state index in [1.165, 1.54) is 0 Å². The molecule has 0 radical (unpaired) electrons. The second kappa shape index (κ2) is 6.83. The Bertz CT molecular complexity index is 857. The van der Waals surface area contributed by atoms with Gasteiger partial charge in [-0.1, -0.05) is 30.3 Å². The lowest BCUT2D eigenvalue weighted by atomic mass is 9.95. The van der Waals surface area contributed by atoms with E-state index in [1.54, 1.807) is 4.90 Å². The van der Waals surface area contributed by atoms with Gasteiger partial charge in [0.05, 0.1) is 11.7 Å². The molecule has 2 aromatic carbocycles. The van der Waals surface area contributed by atoms with Gasteiger partial charge in [0.1, 0.15) is 5.82 Å². The average Bonchev–Trinajstić information content (AvgIpc) is 3.20. The van der Waals surface area contributed by atoms with Crippen molar-refractivity contribution >= 4 is 0 Å². The van der Waals surface area contributed by atoms with Crippen molar-refractivity contribution in [1.82, 2.24) is 4.90 Å². The first-order chi connectivity index (χ1) is 13.3. The van der Waals surface area contributed by atoms with Crippen LogP contribution in [0.15, 0.2) is 48.5 Å². The van der Waals surface area contributed by atoms with Gasteiger partial charge in [-0.05, 0) is 35.6 Å². The van der Waals surface area contributed by atoms with Crippen LogP contribution in [0.4, 0.5) is 17.6 Å². The van der Waals surface area contributed by atoms with E-state index in [4.69, 9.17) is 0 Å². The highest BCUT2D eigenvalue weighted by Crippen LogP contribution is 2.68. The number of β-amino-alcohol motifs (C(OH)–C–C–N with tert-alkyl or cyclic N) is 1. The summed E-state index contributed by atoms with van der Waals surface area (Å²) in [5.74, 6) is -0.844. The molecule has 7 heteroatoms. The highest BCUT2D eigenvalue weighted by Gasteiger charge is 2.70. The minimum atomic E-state index is -4.54. The third kappa shape index (κ3) is 3.11. The molecule has 4 atom stereocenters. The number of hydrogen-bond donors (Lipinski definition) is 2. The summed E-state index contributed by atoms with van der Waals surface area (Å²) in [7, 11) is 0. The molecule has 1 aliphatic carbocycles. The fourth-order valence-corrected chi connectivity index (χ4v) is 4.89. The van der Waals surface area contributed by atoms with Crippen molar-refractivity contribution in [2.45, 2.75) is 24.7 Å². The third-order valence-electron chi connectivity index (χ3n) is 6.23. The molecular weight excluding hydrogens is 374 g/mol. The average molecular weight is 395 g/mol. The summed E-state index contributed by atoms with van der Waals surface area (Å²) in [6.07, 6.45) is -5.27. The van der Waals surface area contributed by atoms with Gasteiger partial charge in [-0.3, -0.25) is 4.90 Å². The number of likely N-dealkylation sites (tertiary alicyclic amines) is 1. The van der Waals surface area contributed by atoms with Gasteiger partial charge < -0.3 is 10.2 Å². The van der Waals surface area contributed by atoms with E-state index in [9.17, 15) is 27.8 Å². The molecule has 3 nitrogen and oxygen atoms in total. The number of alkyl halides is 3. The molecule has 1 spiro atoms. The summed E-state index contributed by atoms with van der Waals surface area (Å²) in [5, 5.41) is 20.5. The van der Waals surface area contributed by atoms with Crippen LogP contribution in [0.5, 0.6) is 0 Å². The molecular formula is C21H21F4NO2. The molecule has 0 aromatic heterocycles. The number of hydrogen-bond acceptors (Lipinski definition) is 3. The van der Waals surface area contributed by atoms with Crippen molar-refractivity contribution in [2.24, 2.45) is 11.3 Å². The van der Waals surface area contributed by atoms with Gasteiger partial charge in [-0.15, -0.1) is 0 Å². The Hall–Kier alpha value is -1.96. The van der Waals surface area contributed by atoms with Crippen LogP contribution < -0.4 is 0 Å². The molecule has 2 N–H and O–H groups in total. The van der Waals surface area contributed by atoms with Gasteiger partial charge in [0, 0.05) is 37.2 Å². The van der Waals surface area contributed by atoms with Crippen molar-refractivity contribution in [3.8, 4) is 0 Å². The molecule has 150 valence electrons. The van der Waals surface area contributed by atoms with Crippen LogP contribution in [0.25, 0.3) is 0 Å². The molecule has 1 heterocycles. The van der Waals surface area contributed by atoms with Crippen molar-refractivity contribution in [3.63, 3.8) is 0 Å². The topological polar surface area (TPSA) is 43.7 Å². The van der Waals surface area contributed by atoms with E-state index >= 15 is 0 Å². The predicted molar refractivity (Wildman–Crippen MR) is 94.9 cm³/mol. The van der Waals surface area contributed by atoms with E-state index in [0.29, 0.717) is 6.54 Å². The molecule has 28 heavy (non-hydrogen) atoms. The number of rotatable bonds is 4. The first-order valence-corrected chi connectivity index (χ1v) is 9.19. The zero-order valence-electron chi connectivity index (χ0n) is 15.0. The van der Waals surface area contributed by atoms with E-state index in [1.807, 2.05) is 30.3 Å². The van der Waals surface area contributed by atoms with Crippen LogP contribution in [0.2, 0.25) is 0 Å². The molecule has 1 saturated heterocycles. The van der Waals surface area contributed by atoms with Gasteiger partial charge in [0.25, 0.3) is 0 Å². The monoisotopic (exact) mass is 395 g/mol. The summed E-state index contributed by atoms with van der Waals surface area (Å²) in [6, 6.07) is 12.0. The van der Waals surface area contributed by atoms with Crippen molar-refractivity contribution < 1.29 is 27.8 Å². The van der Waals surface area contributed by atoms with E-state index in [2.05, 4.69) is 0 Å². The summed E-state index contributed by atoms with van der Waals surface area (Å²) in [4.78, 5) is 1.77. The second-order valence-corrected chi connectivity index (χ2v) is 7.78. The summed E-state index contributed by atoms with van der Waals surface area (Å²) in [6.45, 7) is 0.529. The largest absolute Gasteiger partial charge is 0.416 e. The van der Waals surface area contributed by atoms with Crippen molar-refractivity contribution in [3.05, 3.63) is 71.0 Å². The number of nitrogens with zero attached hydrogens (tertiary/aromatic N) is 1. The lowest BCUT2D eigenvalue weighted by Gasteiger charge is -2.18. The van der Waals surface area contributed by atoms with Gasteiger partial charge >= 0.3 is 6.18 Å². The number of aliphatic hydroxyl groups is 2. The molecule has 2 aliphatic rings. The molecule has 1 aliphatic heterocycles. The SMILES string of the molecule is OC[C@@H]1[C@@H](c2ccccc2)[C@]12CN(Cc1cc(C(F)(F)F)ccc1F)C[C@H]2O. The first kappa shape index (κ1) is 19.4. The van der Waals surface area contributed by atoms with Gasteiger partial charge in [0.2, 0.25) is 0 Å². The van der Waals surface area contributed by atoms with E-state index in [0.717, 1.165) is 23.8 Å². The Balaban J connectivity index is 1.56. The van der Waals surface area contributed by atoms with Crippen LogP contribution in [-0.4, -0.2) is 40.9 Å². The zero-order valence-corrected chi connectivity index (χ0v) is 15.0. The van der Waals surface area contributed by atoms with Gasteiger partial charge in [-0.2, -0.15) is 13.2 Å². The highest BCUT2D eigenvalue weighted by atomic mass is 19.4. The van der Waals surface area contributed by atoms with Gasteiger partial charge in [0.15, 0.2) is 0 Å². The van der Waals surface area contributed by atoms with E-state index < -0.39 is 29.1 Å². The van der Waals surface area contributed by atoms with Crippen molar-refractivity contribution in [2.75, 3.05) is 19.7 Å². The predicted octanol–water partition coefficient (Wildman–Crippen LogP) is 3.41. The standard InChI is InChI=1S/C21H21F4NO2/c22-17-7-6-15(21(23,24)25)8-14(17)9-26-10-18(28)20(12-26)16(11-27)19(20)13-4-2-1-3-5-13/h1-8,16,18-19,27-28H,9-12H2/t16-,18-,19-,20-/m1/s1. The third-order valence-corrected chi connectivity index (χ3v) is 6.23. The lowest BCUT2D eigenvalue weighted by Crippen LogP contribution is -2.23. The minimum Gasteiger partial charge on any atom is -0.396 e. The Morgan fingerprint density at radius 3 is 2.46 bits per heavy atom. The summed E-state index contributed by atoms with van der Waals surface area (Å²) >= 11 is 0. The minimum absolute atomic E-state index is 0.0196. The van der Waals surface area contributed by atoms with Crippen LogP contribution in [0.1, 0.15) is 22.6 Å². The Kier molecular flexibility index (Phi) is 4.72. The molecule has 2 fully saturated rings. The fourth-order valence-electron chi connectivity index (χ4n) is 4.89. The Morgan fingerprint density at radius 1 is 1.11 bits per heavy atom. The Morgan fingerprint density at radius 2 is 1.82 bits per heavy atom. The smallest absolute Gasteiger partial charge is 0.396 e. The first-order valence-electron chi connectivity index (χ1n) is 9.19. The van der Waals surface area contributed by atoms with Crippen LogP contribution in [0, 0.1) is 17.2 Å². The number of aliphatic hydroxyl groups excluding tert-OH is 2.